The molecule has 0 bridgehead atoms. The van der Waals surface area contributed by atoms with Crippen LogP contribution in [0.25, 0.3) is 0 Å². The van der Waals surface area contributed by atoms with Crippen molar-refractivity contribution in [3.8, 4) is 0 Å². The Labute approximate surface area is 108 Å². The van der Waals surface area contributed by atoms with E-state index in [-0.39, 0.29) is 6.10 Å². The van der Waals surface area contributed by atoms with Gasteiger partial charge in [0.05, 0.1) is 11.8 Å². The summed E-state index contributed by atoms with van der Waals surface area (Å²) in [4.78, 5) is 4.07. The fraction of sp³-hybridized carbons (Fsp3) is 0.545. The molecule has 0 amide bonds. The highest BCUT2D eigenvalue weighted by Crippen LogP contribution is 2.27. The second-order valence-electron chi connectivity index (χ2n) is 4.14. The Morgan fingerprint density at radius 2 is 2.06 bits per heavy atom. The molecule has 5 heteroatoms. The lowest BCUT2D eigenvalue weighted by molar-refractivity contribution is 0.126. The summed E-state index contributed by atoms with van der Waals surface area (Å²) in [5, 5.41) is 13.3. The van der Waals surface area contributed by atoms with Crippen molar-refractivity contribution in [2.75, 3.05) is 5.32 Å². The van der Waals surface area contributed by atoms with E-state index in [2.05, 4.69) is 26.2 Å². The largest absolute Gasteiger partial charge is 0.393 e. The lowest BCUT2D eigenvalue weighted by atomic mass is 9.93. The van der Waals surface area contributed by atoms with Gasteiger partial charge in [0.25, 0.3) is 0 Å². The summed E-state index contributed by atoms with van der Waals surface area (Å²) < 4.78 is 0.912. The first kappa shape index (κ1) is 12.1. The zero-order valence-electron chi connectivity index (χ0n) is 8.79. The van der Waals surface area contributed by atoms with Crippen LogP contribution < -0.4 is 5.32 Å². The number of aliphatic hydroxyl groups excluding tert-OH is 1. The van der Waals surface area contributed by atoms with Crippen molar-refractivity contribution >= 4 is 33.2 Å². The molecular formula is C11H14BrClN2O. The maximum absolute atomic E-state index is 9.42. The standard InChI is InChI=1S/C11H14BrClN2O/c12-7-5-10(11(13)14-6-7)15-8-1-3-9(16)4-2-8/h5-6,8-9,15-16H,1-4H2. The van der Waals surface area contributed by atoms with Gasteiger partial charge < -0.3 is 10.4 Å². The minimum absolute atomic E-state index is 0.130. The third-order valence-corrected chi connectivity index (χ3v) is 3.60. The van der Waals surface area contributed by atoms with E-state index >= 15 is 0 Å². The zero-order chi connectivity index (χ0) is 11.5. The van der Waals surface area contributed by atoms with E-state index in [0.29, 0.717) is 11.2 Å². The van der Waals surface area contributed by atoms with Gasteiger partial charge in [0.2, 0.25) is 0 Å². The zero-order valence-corrected chi connectivity index (χ0v) is 11.1. The third kappa shape index (κ3) is 3.09. The molecule has 0 aromatic carbocycles. The van der Waals surface area contributed by atoms with Crippen molar-refractivity contribution in [1.29, 1.82) is 0 Å². The molecule has 0 aliphatic heterocycles. The van der Waals surface area contributed by atoms with Crippen molar-refractivity contribution in [2.24, 2.45) is 0 Å². The van der Waals surface area contributed by atoms with Crippen LogP contribution in [-0.2, 0) is 0 Å². The SMILES string of the molecule is OC1CCC(Nc2cc(Br)cnc2Cl)CC1. The van der Waals surface area contributed by atoms with Crippen LogP contribution in [0.5, 0.6) is 0 Å². The number of halogens is 2. The Bertz CT molecular complexity index is 367. The number of nitrogens with zero attached hydrogens (tertiary/aromatic N) is 1. The first-order chi connectivity index (χ1) is 7.65. The smallest absolute Gasteiger partial charge is 0.152 e. The predicted molar refractivity (Wildman–Crippen MR) is 68.8 cm³/mol. The van der Waals surface area contributed by atoms with E-state index in [1.807, 2.05) is 6.07 Å². The van der Waals surface area contributed by atoms with Crippen LogP contribution in [0.1, 0.15) is 25.7 Å². The van der Waals surface area contributed by atoms with Gasteiger partial charge in [-0.3, -0.25) is 0 Å². The van der Waals surface area contributed by atoms with E-state index in [1.165, 1.54) is 0 Å². The quantitative estimate of drug-likeness (QED) is 0.825. The summed E-state index contributed by atoms with van der Waals surface area (Å²) in [5.74, 6) is 0. The fourth-order valence-corrected chi connectivity index (χ4v) is 2.45. The van der Waals surface area contributed by atoms with Gasteiger partial charge in [-0.05, 0) is 47.7 Å². The first-order valence-electron chi connectivity index (χ1n) is 5.41. The van der Waals surface area contributed by atoms with Crippen LogP contribution in [0, 0.1) is 0 Å². The first-order valence-corrected chi connectivity index (χ1v) is 6.58. The Morgan fingerprint density at radius 3 is 2.75 bits per heavy atom. The Balaban J connectivity index is 2.00. The Hall–Kier alpha value is -0.320. The molecule has 0 atom stereocenters. The summed E-state index contributed by atoms with van der Waals surface area (Å²) in [5.41, 5.74) is 0.859. The molecule has 3 nitrogen and oxygen atoms in total. The van der Waals surface area contributed by atoms with Gasteiger partial charge in [-0.25, -0.2) is 4.98 Å². The number of anilines is 1. The van der Waals surface area contributed by atoms with Crippen LogP contribution in [0.3, 0.4) is 0 Å². The summed E-state index contributed by atoms with van der Waals surface area (Å²) >= 11 is 9.37. The van der Waals surface area contributed by atoms with E-state index in [9.17, 15) is 5.11 Å². The molecule has 1 aliphatic rings. The summed E-state index contributed by atoms with van der Waals surface area (Å²) in [6.07, 6.45) is 5.22. The molecule has 1 fully saturated rings. The third-order valence-electron chi connectivity index (χ3n) is 2.86. The van der Waals surface area contributed by atoms with Crippen LogP contribution in [0.15, 0.2) is 16.7 Å². The van der Waals surface area contributed by atoms with Crippen molar-refractivity contribution in [3.63, 3.8) is 0 Å². The number of rotatable bonds is 2. The predicted octanol–water partition coefficient (Wildman–Crippen LogP) is 3.21. The van der Waals surface area contributed by atoms with Crippen molar-refractivity contribution in [3.05, 3.63) is 21.9 Å². The molecule has 1 saturated carbocycles. The Kier molecular flexibility index (Phi) is 4.05. The number of aromatic nitrogens is 1. The molecule has 0 saturated heterocycles. The monoisotopic (exact) mass is 304 g/mol. The normalized spacial score (nSPS) is 25.4. The second kappa shape index (κ2) is 5.34. The second-order valence-corrected chi connectivity index (χ2v) is 5.42. The van der Waals surface area contributed by atoms with Crippen LogP contribution >= 0.6 is 27.5 Å². The number of nitrogens with one attached hydrogen (secondary N) is 1. The molecule has 1 aromatic rings. The molecule has 1 heterocycles. The molecule has 16 heavy (non-hydrogen) atoms. The van der Waals surface area contributed by atoms with Crippen LogP contribution in [0.2, 0.25) is 5.15 Å². The van der Waals surface area contributed by atoms with Crippen molar-refractivity contribution < 1.29 is 5.11 Å². The molecule has 2 N–H and O–H groups in total. The van der Waals surface area contributed by atoms with Crippen molar-refractivity contribution in [1.82, 2.24) is 4.98 Å². The van der Waals surface area contributed by atoms with Crippen LogP contribution in [0.4, 0.5) is 5.69 Å². The van der Waals surface area contributed by atoms with Gasteiger partial charge in [-0.2, -0.15) is 0 Å². The summed E-state index contributed by atoms with van der Waals surface area (Å²) in [6.45, 7) is 0. The maximum atomic E-state index is 9.42. The molecule has 2 rings (SSSR count). The molecule has 0 radical (unpaired) electrons. The van der Waals surface area contributed by atoms with Gasteiger partial charge in [0, 0.05) is 16.7 Å². The van der Waals surface area contributed by atoms with Gasteiger partial charge >= 0.3 is 0 Å². The fourth-order valence-electron chi connectivity index (χ4n) is 1.96. The summed E-state index contributed by atoms with van der Waals surface area (Å²) in [7, 11) is 0. The number of hydrogen-bond acceptors (Lipinski definition) is 3. The number of hydrogen-bond donors (Lipinski definition) is 2. The number of pyridine rings is 1. The van der Waals surface area contributed by atoms with E-state index in [1.54, 1.807) is 6.20 Å². The topological polar surface area (TPSA) is 45.1 Å². The molecule has 0 unspecified atom stereocenters. The van der Waals surface area contributed by atoms with E-state index in [0.717, 1.165) is 35.8 Å². The summed E-state index contributed by atoms with van der Waals surface area (Å²) in [6, 6.07) is 2.32. The van der Waals surface area contributed by atoms with Gasteiger partial charge in [-0.15, -0.1) is 0 Å². The van der Waals surface area contributed by atoms with Gasteiger partial charge in [0.15, 0.2) is 5.15 Å². The lowest BCUT2D eigenvalue weighted by Gasteiger charge is -2.27. The van der Waals surface area contributed by atoms with Crippen molar-refractivity contribution in [2.45, 2.75) is 37.8 Å². The molecule has 1 aliphatic carbocycles. The highest BCUT2D eigenvalue weighted by atomic mass is 79.9. The molecule has 0 spiro atoms. The molecular weight excluding hydrogens is 291 g/mol. The molecule has 1 aromatic heterocycles. The van der Waals surface area contributed by atoms with E-state index in [4.69, 9.17) is 11.6 Å². The maximum Gasteiger partial charge on any atom is 0.152 e. The average molecular weight is 306 g/mol. The minimum Gasteiger partial charge on any atom is -0.393 e. The lowest BCUT2D eigenvalue weighted by Crippen LogP contribution is -2.28. The number of aliphatic hydroxyl groups is 1. The average Bonchev–Trinajstić information content (AvgIpc) is 2.27. The Morgan fingerprint density at radius 1 is 1.38 bits per heavy atom. The highest BCUT2D eigenvalue weighted by molar-refractivity contribution is 9.10. The highest BCUT2D eigenvalue weighted by Gasteiger charge is 2.19. The minimum atomic E-state index is -0.130. The molecule has 88 valence electrons. The van der Waals surface area contributed by atoms with E-state index < -0.39 is 0 Å². The van der Waals surface area contributed by atoms with Gasteiger partial charge in [-0.1, -0.05) is 11.6 Å². The van der Waals surface area contributed by atoms with Crippen LogP contribution in [-0.4, -0.2) is 22.2 Å². The van der Waals surface area contributed by atoms with Gasteiger partial charge in [0.1, 0.15) is 0 Å².